The monoisotopic (exact) mass is 375 g/mol. The number of amides is 1. The summed E-state index contributed by atoms with van der Waals surface area (Å²) in [6, 6.07) is 4.04. The Labute approximate surface area is 159 Å². The highest BCUT2D eigenvalue weighted by Crippen LogP contribution is 2.29. The number of likely N-dealkylation sites (tertiary alicyclic amines) is 1. The van der Waals surface area contributed by atoms with Crippen molar-refractivity contribution < 1.29 is 4.79 Å². The molecular weight excluding hydrogens is 346 g/mol. The van der Waals surface area contributed by atoms with Crippen LogP contribution in [0.5, 0.6) is 0 Å². The number of hydrogen-bond acceptors (Lipinski definition) is 5. The van der Waals surface area contributed by atoms with E-state index >= 15 is 0 Å². The fourth-order valence-electron chi connectivity index (χ4n) is 3.57. The summed E-state index contributed by atoms with van der Waals surface area (Å²) in [4.78, 5) is 19.0. The van der Waals surface area contributed by atoms with Crippen LogP contribution in [-0.2, 0) is 19.5 Å². The first kappa shape index (κ1) is 19.0. The SMILES string of the molecule is CCc1ccc(C(=O)N2CCC(c3nnc(CN(C)C)n3CC)CC2)s1. The van der Waals surface area contributed by atoms with Gasteiger partial charge >= 0.3 is 0 Å². The van der Waals surface area contributed by atoms with Crippen LogP contribution in [0.2, 0.25) is 0 Å². The molecule has 7 heteroatoms. The molecule has 2 aromatic rings. The van der Waals surface area contributed by atoms with Crippen molar-refractivity contribution >= 4 is 17.2 Å². The molecule has 0 N–H and O–H groups in total. The predicted molar refractivity (Wildman–Crippen MR) is 105 cm³/mol. The number of thiophene rings is 1. The van der Waals surface area contributed by atoms with Crippen LogP contribution in [0, 0.1) is 0 Å². The quantitative estimate of drug-likeness (QED) is 0.779. The van der Waals surface area contributed by atoms with E-state index in [-0.39, 0.29) is 5.91 Å². The fourth-order valence-corrected chi connectivity index (χ4v) is 4.49. The molecule has 1 amide bonds. The van der Waals surface area contributed by atoms with Gasteiger partial charge in [-0.1, -0.05) is 6.92 Å². The van der Waals surface area contributed by atoms with Crippen LogP contribution in [0.25, 0.3) is 0 Å². The van der Waals surface area contributed by atoms with E-state index in [1.54, 1.807) is 11.3 Å². The molecule has 0 bridgehead atoms. The maximum absolute atomic E-state index is 12.7. The van der Waals surface area contributed by atoms with E-state index in [2.05, 4.69) is 39.6 Å². The average molecular weight is 376 g/mol. The first-order chi connectivity index (χ1) is 12.5. The van der Waals surface area contributed by atoms with Gasteiger partial charge in [-0.05, 0) is 52.4 Å². The van der Waals surface area contributed by atoms with Gasteiger partial charge < -0.3 is 14.4 Å². The number of aryl methyl sites for hydroxylation is 1. The molecule has 0 spiro atoms. The summed E-state index contributed by atoms with van der Waals surface area (Å²) in [5.74, 6) is 2.67. The number of hydrogen-bond donors (Lipinski definition) is 0. The molecule has 0 saturated carbocycles. The first-order valence-electron chi connectivity index (χ1n) is 9.48. The highest BCUT2D eigenvalue weighted by Gasteiger charge is 2.28. The maximum Gasteiger partial charge on any atom is 0.263 e. The Morgan fingerprint density at radius 2 is 1.96 bits per heavy atom. The van der Waals surface area contributed by atoms with Crippen molar-refractivity contribution in [1.29, 1.82) is 0 Å². The lowest BCUT2D eigenvalue weighted by Gasteiger charge is -2.31. The molecule has 1 saturated heterocycles. The Morgan fingerprint density at radius 1 is 1.23 bits per heavy atom. The van der Waals surface area contributed by atoms with Gasteiger partial charge in [0, 0.05) is 30.4 Å². The van der Waals surface area contributed by atoms with Crippen molar-refractivity contribution in [3.8, 4) is 0 Å². The summed E-state index contributed by atoms with van der Waals surface area (Å²) in [5, 5.41) is 8.90. The molecule has 3 heterocycles. The molecule has 1 aliphatic heterocycles. The van der Waals surface area contributed by atoms with E-state index in [9.17, 15) is 4.79 Å². The van der Waals surface area contributed by atoms with Gasteiger partial charge in [0.25, 0.3) is 5.91 Å². The van der Waals surface area contributed by atoms with Crippen molar-refractivity contribution in [3.63, 3.8) is 0 Å². The molecule has 0 unspecified atom stereocenters. The van der Waals surface area contributed by atoms with Crippen LogP contribution in [0.4, 0.5) is 0 Å². The molecule has 0 aromatic carbocycles. The second-order valence-electron chi connectivity index (χ2n) is 7.14. The van der Waals surface area contributed by atoms with Crippen molar-refractivity contribution in [3.05, 3.63) is 33.5 Å². The van der Waals surface area contributed by atoms with Crippen molar-refractivity contribution in [2.24, 2.45) is 0 Å². The zero-order chi connectivity index (χ0) is 18.7. The molecule has 1 aliphatic rings. The van der Waals surface area contributed by atoms with Crippen LogP contribution < -0.4 is 0 Å². The van der Waals surface area contributed by atoms with Gasteiger partial charge in [-0.25, -0.2) is 0 Å². The Bertz CT molecular complexity index is 743. The highest BCUT2D eigenvalue weighted by molar-refractivity contribution is 7.14. The summed E-state index contributed by atoms with van der Waals surface area (Å²) >= 11 is 1.62. The summed E-state index contributed by atoms with van der Waals surface area (Å²) in [7, 11) is 4.10. The second-order valence-corrected chi connectivity index (χ2v) is 8.31. The molecule has 0 radical (unpaired) electrons. The minimum absolute atomic E-state index is 0.179. The number of carbonyl (C=O) groups excluding carboxylic acids is 1. The van der Waals surface area contributed by atoms with Gasteiger partial charge in [0.15, 0.2) is 0 Å². The number of aromatic nitrogens is 3. The van der Waals surface area contributed by atoms with Crippen LogP contribution >= 0.6 is 11.3 Å². The molecule has 1 fully saturated rings. The highest BCUT2D eigenvalue weighted by atomic mass is 32.1. The number of piperidine rings is 1. The van der Waals surface area contributed by atoms with Crippen molar-refractivity contribution in [1.82, 2.24) is 24.6 Å². The summed E-state index contributed by atoms with van der Waals surface area (Å²) < 4.78 is 2.24. The zero-order valence-electron chi connectivity index (χ0n) is 16.2. The minimum atomic E-state index is 0.179. The normalized spacial score (nSPS) is 15.8. The van der Waals surface area contributed by atoms with Crippen LogP contribution in [-0.4, -0.2) is 57.7 Å². The fraction of sp³-hybridized carbons (Fsp3) is 0.632. The van der Waals surface area contributed by atoms with Crippen LogP contribution in [0.15, 0.2) is 12.1 Å². The molecular formula is C19H29N5OS. The zero-order valence-corrected chi connectivity index (χ0v) is 17.1. The molecule has 26 heavy (non-hydrogen) atoms. The van der Waals surface area contributed by atoms with Crippen LogP contribution in [0.3, 0.4) is 0 Å². The third-order valence-corrected chi connectivity index (χ3v) is 6.22. The number of nitrogens with zero attached hydrogens (tertiary/aromatic N) is 5. The minimum Gasteiger partial charge on any atom is -0.338 e. The van der Waals surface area contributed by atoms with E-state index in [1.165, 1.54) is 4.88 Å². The Morgan fingerprint density at radius 3 is 2.54 bits per heavy atom. The van der Waals surface area contributed by atoms with E-state index in [4.69, 9.17) is 0 Å². The third kappa shape index (κ3) is 3.99. The van der Waals surface area contributed by atoms with Crippen molar-refractivity contribution in [2.75, 3.05) is 27.2 Å². The number of carbonyl (C=O) groups is 1. The largest absolute Gasteiger partial charge is 0.338 e. The van der Waals surface area contributed by atoms with Gasteiger partial charge in [-0.3, -0.25) is 4.79 Å². The Kier molecular flexibility index (Phi) is 6.09. The first-order valence-corrected chi connectivity index (χ1v) is 10.3. The molecule has 2 aromatic heterocycles. The van der Waals surface area contributed by atoms with Gasteiger partial charge in [-0.15, -0.1) is 21.5 Å². The summed E-state index contributed by atoms with van der Waals surface area (Å²) in [6.07, 6.45) is 2.90. The summed E-state index contributed by atoms with van der Waals surface area (Å²) in [5.41, 5.74) is 0. The van der Waals surface area contributed by atoms with Gasteiger partial charge in [0.2, 0.25) is 0 Å². The van der Waals surface area contributed by atoms with Gasteiger partial charge in [0.1, 0.15) is 11.6 Å². The lowest BCUT2D eigenvalue weighted by atomic mass is 9.95. The molecule has 0 aliphatic carbocycles. The molecule has 142 valence electrons. The topological polar surface area (TPSA) is 54.3 Å². The van der Waals surface area contributed by atoms with Crippen LogP contribution in [0.1, 0.15) is 58.8 Å². The average Bonchev–Trinajstić information content (AvgIpc) is 3.27. The van der Waals surface area contributed by atoms with Crippen molar-refractivity contribution in [2.45, 2.75) is 52.1 Å². The third-order valence-electron chi connectivity index (χ3n) is 5.00. The van der Waals surface area contributed by atoms with Gasteiger partial charge in [-0.2, -0.15) is 0 Å². The van der Waals surface area contributed by atoms with E-state index < -0.39 is 0 Å². The molecule has 0 atom stereocenters. The predicted octanol–water partition coefficient (Wildman–Crippen LogP) is 3.00. The Balaban J connectivity index is 1.65. The Hall–Kier alpha value is -1.73. The lowest BCUT2D eigenvalue weighted by Crippen LogP contribution is -2.38. The molecule has 6 nitrogen and oxygen atoms in total. The van der Waals surface area contributed by atoms with E-state index in [1.807, 2.05) is 25.1 Å². The van der Waals surface area contributed by atoms with Gasteiger partial charge in [0.05, 0.1) is 11.4 Å². The standard InChI is InChI=1S/C19H29N5OS/c1-5-15-7-8-16(26-15)19(25)23-11-9-14(10-12-23)18-21-20-17(13-22(3)4)24(18)6-2/h7-8,14H,5-6,9-13H2,1-4H3. The van der Waals surface area contributed by atoms with E-state index in [0.29, 0.717) is 5.92 Å². The second kappa shape index (κ2) is 8.31. The summed E-state index contributed by atoms with van der Waals surface area (Å²) in [6.45, 7) is 7.55. The molecule has 3 rings (SSSR count). The smallest absolute Gasteiger partial charge is 0.263 e. The maximum atomic E-state index is 12.7. The lowest BCUT2D eigenvalue weighted by molar-refractivity contribution is 0.0715. The van der Waals surface area contributed by atoms with E-state index in [0.717, 1.165) is 62.0 Å². The number of rotatable bonds is 6.